The molecule has 0 aromatic heterocycles. The smallest absolute Gasteiger partial charge is 0.306 e. The summed E-state index contributed by atoms with van der Waals surface area (Å²) >= 11 is 0. The van der Waals surface area contributed by atoms with Crippen LogP contribution in [-0.2, 0) is 14.3 Å². The Balaban J connectivity index is 3.89. The molecule has 1 amide bonds. The van der Waals surface area contributed by atoms with E-state index in [9.17, 15) is 9.59 Å². The van der Waals surface area contributed by atoms with Crippen LogP contribution in [0.4, 0.5) is 0 Å². The molecule has 0 saturated carbocycles. The van der Waals surface area contributed by atoms with E-state index in [1.165, 1.54) is 0 Å². The minimum Gasteiger partial charge on any atom is -0.460 e. The summed E-state index contributed by atoms with van der Waals surface area (Å²) in [6.07, 6.45) is 0.319. The number of carbonyl (C=O) groups is 2. The van der Waals surface area contributed by atoms with E-state index in [-0.39, 0.29) is 30.8 Å². The Kier molecular flexibility index (Phi) is 6.21. The number of carbonyl (C=O) groups excluding carboxylic acids is 2. The van der Waals surface area contributed by atoms with E-state index in [1.54, 1.807) is 0 Å². The molecule has 0 aliphatic carbocycles. The molecule has 1 N–H and O–H groups in total. The van der Waals surface area contributed by atoms with Crippen molar-refractivity contribution in [3.8, 4) is 0 Å². The third kappa shape index (κ3) is 8.72. The fraction of sp³-hybridized carbons (Fsp3) is 0.846. The number of amides is 1. The minimum atomic E-state index is -0.487. The molecular formula is C13H25NO3. The molecule has 0 bridgehead atoms. The van der Waals surface area contributed by atoms with Crippen molar-refractivity contribution in [1.82, 2.24) is 5.32 Å². The lowest BCUT2D eigenvalue weighted by molar-refractivity contribution is -0.155. The van der Waals surface area contributed by atoms with E-state index < -0.39 is 5.60 Å². The first-order valence-electron chi connectivity index (χ1n) is 6.13. The van der Waals surface area contributed by atoms with Crippen LogP contribution in [-0.4, -0.2) is 23.5 Å². The fourth-order valence-electron chi connectivity index (χ4n) is 1.10. The number of hydrogen-bond donors (Lipinski definition) is 1. The average Bonchev–Trinajstić information content (AvgIpc) is 2.11. The van der Waals surface area contributed by atoms with Crippen molar-refractivity contribution in [2.24, 2.45) is 5.92 Å². The maximum Gasteiger partial charge on any atom is 0.306 e. The average molecular weight is 243 g/mol. The summed E-state index contributed by atoms with van der Waals surface area (Å²) in [6.45, 7) is 11.5. The number of nitrogens with one attached hydrogen (secondary N) is 1. The third-order valence-corrected chi connectivity index (χ3v) is 2.36. The van der Waals surface area contributed by atoms with Crippen LogP contribution in [0.25, 0.3) is 0 Å². The summed E-state index contributed by atoms with van der Waals surface area (Å²) in [4.78, 5) is 22.9. The van der Waals surface area contributed by atoms with Crippen LogP contribution in [0, 0.1) is 5.92 Å². The molecule has 17 heavy (non-hydrogen) atoms. The van der Waals surface area contributed by atoms with Crippen molar-refractivity contribution >= 4 is 11.9 Å². The molecule has 0 aliphatic heterocycles. The van der Waals surface area contributed by atoms with Gasteiger partial charge in [0.25, 0.3) is 0 Å². The second-order valence-electron chi connectivity index (χ2n) is 5.69. The van der Waals surface area contributed by atoms with Gasteiger partial charge in [0.15, 0.2) is 0 Å². The molecule has 4 heteroatoms. The number of hydrogen-bond acceptors (Lipinski definition) is 3. The van der Waals surface area contributed by atoms with Crippen molar-refractivity contribution in [1.29, 1.82) is 0 Å². The fourth-order valence-corrected chi connectivity index (χ4v) is 1.10. The zero-order chi connectivity index (χ0) is 13.6. The van der Waals surface area contributed by atoms with Gasteiger partial charge >= 0.3 is 5.97 Å². The van der Waals surface area contributed by atoms with Crippen molar-refractivity contribution in [2.45, 2.75) is 66.0 Å². The summed E-state index contributed by atoms with van der Waals surface area (Å²) in [5.74, 6) is -0.0395. The van der Waals surface area contributed by atoms with E-state index in [2.05, 4.69) is 5.32 Å². The van der Waals surface area contributed by atoms with Gasteiger partial charge in [0.2, 0.25) is 5.91 Å². The van der Waals surface area contributed by atoms with Crippen molar-refractivity contribution in [3.05, 3.63) is 0 Å². The molecule has 0 aromatic carbocycles. The lowest BCUT2D eigenvalue weighted by Gasteiger charge is -2.20. The topological polar surface area (TPSA) is 55.4 Å². The molecular weight excluding hydrogens is 218 g/mol. The van der Waals surface area contributed by atoms with E-state index in [1.807, 2.05) is 41.5 Å². The molecule has 1 unspecified atom stereocenters. The van der Waals surface area contributed by atoms with Crippen LogP contribution in [0.2, 0.25) is 0 Å². The Hall–Kier alpha value is -1.06. The van der Waals surface area contributed by atoms with E-state index >= 15 is 0 Å². The molecule has 1 atom stereocenters. The predicted molar refractivity (Wildman–Crippen MR) is 67.5 cm³/mol. The Morgan fingerprint density at radius 1 is 1.12 bits per heavy atom. The van der Waals surface area contributed by atoms with E-state index in [0.717, 1.165) is 0 Å². The summed E-state index contributed by atoms with van der Waals surface area (Å²) in [5, 5.41) is 2.85. The van der Waals surface area contributed by atoms with E-state index in [0.29, 0.717) is 5.92 Å². The Bertz CT molecular complexity index is 266. The van der Waals surface area contributed by atoms with Gasteiger partial charge in [0.05, 0.1) is 6.42 Å². The van der Waals surface area contributed by atoms with E-state index in [4.69, 9.17) is 4.74 Å². The van der Waals surface area contributed by atoms with Gasteiger partial charge in [-0.3, -0.25) is 9.59 Å². The highest BCUT2D eigenvalue weighted by Crippen LogP contribution is 2.09. The molecule has 0 aliphatic rings. The van der Waals surface area contributed by atoms with Crippen LogP contribution < -0.4 is 5.32 Å². The minimum absolute atomic E-state index is 0.0999. The van der Waals surface area contributed by atoms with Gasteiger partial charge in [-0.15, -0.1) is 0 Å². The van der Waals surface area contributed by atoms with Gasteiger partial charge in [-0.1, -0.05) is 13.8 Å². The van der Waals surface area contributed by atoms with Crippen molar-refractivity contribution < 1.29 is 14.3 Å². The standard InChI is InChI=1S/C13H25NO3/c1-9(2)10(3)14-11(15)7-8-12(16)17-13(4,5)6/h9-10H,7-8H2,1-6H3,(H,14,15). The van der Waals surface area contributed by atoms with Gasteiger partial charge in [-0.2, -0.15) is 0 Å². The maximum absolute atomic E-state index is 11.5. The highest BCUT2D eigenvalue weighted by Gasteiger charge is 2.17. The second kappa shape index (κ2) is 6.62. The molecule has 0 heterocycles. The Labute approximate surface area is 104 Å². The van der Waals surface area contributed by atoms with Gasteiger partial charge in [0.1, 0.15) is 5.60 Å². The molecule has 0 aromatic rings. The van der Waals surface area contributed by atoms with Crippen LogP contribution >= 0.6 is 0 Å². The van der Waals surface area contributed by atoms with Crippen LogP contribution in [0.5, 0.6) is 0 Å². The van der Waals surface area contributed by atoms with Gasteiger partial charge in [0, 0.05) is 12.5 Å². The molecule has 0 spiro atoms. The van der Waals surface area contributed by atoms with Gasteiger partial charge in [-0.25, -0.2) is 0 Å². The van der Waals surface area contributed by atoms with Crippen LogP contribution in [0.3, 0.4) is 0 Å². The van der Waals surface area contributed by atoms with Gasteiger partial charge in [-0.05, 0) is 33.6 Å². The zero-order valence-electron chi connectivity index (χ0n) is 11.8. The first kappa shape index (κ1) is 15.9. The highest BCUT2D eigenvalue weighted by atomic mass is 16.6. The summed E-state index contributed by atoms with van der Waals surface area (Å²) in [6, 6.07) is 0.126. The Morgan fingerprint density at radius 2 is 1.65 bits per heavy atom. The monoisotopic (exact) mass is 243 g/mol. The maximum atomic E-state index is 11.5. The van der Waals surface area contributed by atoms with Crippen molar-refractivity contribution in [2.75, 3.05) is 0 Å². The van der Waals surface area contributed by atoms with Crippen LogP contribution in [0.15, 0.2) is 0 Å². The van der Waals surface area contributed by atoms with Crippen molar-refractivity contribution in [3.63, 3.8) is 0 Å². The highest BCUT2D eigenvalue weighted by molar-refractivity contribution is 5.81. The second-order valence-corrected chi connectivity index (χ2v) is 5.69. The number of rotatable bonds is 5. The summed E-state index contributed by atoms with van der Waals surface area (Å²) in [7, 11) is 0. The quantitative estimate of drug-likeness (QED) is 0.754. The SMILES string of the molecule is CC(C)C(C)NC(=O)CCC(=O)OC(C)(C)C. The molecule has 0 saturated heterocycles. The lowest BCUT2D eigenvalue weighted by Crippen LogP contribution is -2.36. The normalized spacial score (nSPS) is 13.4. The number of ether oxygens (including phenoxy) is 1. The first-order valence-corrected chi connectivity index (χ1v) is 6.13. The summed E-state index contributed by atoms with van der Waals surface area (Å²) < 4.78 is 5.12. The van der Waals surface area contributed by atoms with Gasteiger partial charge < -0.3 is 10.1 Å². The molecule has 0 radical (unpaired) electrons. The Morgan fingerprint density at radius 3 is 2.06 bits per heavy atom. The largest absolute Gasteiger partial charge is 0.460 e. The first-order chi connectivity index (χ1) is 7.61. The summed E-state index contributed by atoms with van der Waals surface area (Å²) in [5.41, 5.74) is -0.487. The lowest BCUT2D eigenvalue weighted by atomic mass is 10.1. The molecule has 0 fully saturated rings. The number of esters is 1. The third-order valence-electron chi connectivity index (χ3n) is 2.36. The predicted octanol–water partition coefficient (Wildman–Crippen LogP) is 2.27. The van der Waals surface area contributed by atoms with Crippen LogP contribution in [0.1, 0.15) is 54.4 Å². The molecule has 4 nitrogen and oxygen atoms in total. The zero-order valence-corrected chi connectivity index (χ0v) is 11.8. The molecule has 100 valence electrons. The molecule has 0 rings (SSSR count).